The van der Waals surface area contributed by atoms with Gasteiger partial charge in [0.25, 0.3) is 0 Å². The zero-order valence-corrected chi connectivity index (χ0v) is 26.7. The van der Waals surface area contributed by atoms with Crippen molar-refractivity contribution in [3.05, 3.63) is 93.1 Å². The molecule has 2 aromatic rings. The van der Waals surface area contributed by atoms with Gasteiger partial charge in [0.2, 0.25) is 0 Å². The van der Waals surface area contributed by atoms with Gasteiger partial charge < -0.3 is 19.7 Å². The summed E-state index contributed by atoms with van der Waals surface area (Å²) in [4.78, 5) is 0. The first-order valence-corrected chi connectivity index (χ1v) is 12.2. The number of phenolic OH excluding ortho intramolecular Hbond substituents is 2. The van der Waals surface area contributed by atoms with Gasteiger partial charge in [0.15, 0.2) is 0 Å². The summed E-state index contributed by atoms with van der Waals surface area (Å²) in [7, 11) is 3.18. The Balaban J connectivity index is 0.000000463. The van der Waals surface area contributed by atoms with Crippen molar-refractivity contribution in [3.63, 3.8) is 0 Å². The van der Waals surface area contributed by atoms with Crippen LogP contribution in [0.4, 0.5) is 0 Å². The predicted octanol–water partition coefficient (Wildman–Crippen LogP) is 8.92. The molecule has 2 N–H and O–H groups in total. The second-order valence-corrected chi connectivity index (χ2v) is 9.37. The fraction of sp³-hybridized carbons (Fsp3) is 0.375. The fourth-order valence-electron chi connectivity index (χ4n) is 3.77. The van der Waals surface area contributed by atoms with E-state index in [9.17, 15) is 0 Å². The minimum atomic E-state index is 0. The van der Waals surface area contributed by atoms with Crippen LogP contribution in [0.3, 0.4) is 0 Å². The summed E-state index contributed by atoms with van der Waals surface area (Å²) >= 11 is 0. The standard InChI is InChI=1S/2C9H14.2C7H8O2.Zr/c2*1-6-5-7(2)9(4)8(6)3;2*1-9-7-4-2-6(8)3-5-7;/h2*5H2,1-4H3;2*2-5,8H,1H3;. The van der Waals surface area contributed by atoms with E-state index in [1.165, 1.54) is 35.1 Å². The van der Waals surface area contributed by atoms with Gasteiger partial charge in [-0.2, -0.15) is 0 Å². The number of phenols is 2. The molecule has 0 radical (unpaired) electrons. The molecule has 0 spiro atoms. The van der Waals surface area contributed by atoms with Gasteiger partial charge in [-0.1, -0.05) is 22.3 Å². The number of ether oxygens (including phenoxy) is 2. The van der Waals surface area contributed by atoms with Crippen LogP contribution in [0, 0.1) is 0 Å². The average Bonchev–Trinajstić information content (AvgIpc) is 3.23. The summed E-state index contributed by atoms with van der Waals surface area (Å²) in [5, 5.41) is 17.6. The Morgan fingerprint density at radius 2 is 0.676 bits per heavy atom. The number of methoxy groups -OCH3 is 2. The molecule has 0 aliphatic heterocycles. The summed E-state index contributed by atoms with van der Waals surface area (Å²) < 4.78 is 9.72. The third-order valence-corrected chi connectivity index (χ3v) is 6.89. The molecule has 2 aromatic carbocycles. The van der Waals surface area contributed by atoms with E-state index in [0.717, 1.165) is 11.5 Å². The quantitative estimate of drug-likeness (QED) is 0.371. The molecule has 0 atom stereocenters. The third kappa shape index (κ3) is 11.6. The van der Waals surface area contributed by atoms with Crippen LogP contribution in [0.15, 0.2) is 93.1 Å². The van der Waals surface area contributed by atoms with Gasteiger partial charge in [-0.3, -0.25) is 0 Å². The fourth-order valence-corrected chi connectivity index (χ4v) is 3.77. The average molecular weight is 584 g/mol. The number of benzene rings is 2. The molecule has 37 heavy (non-hydrogen) atoms. The Labute approximate surface area is 243 Å². The van der Waals surface area contributed by atoms with Crippen LogP contribution in [0.2, 0.25) is 0 Å². The molecule has 0 heterocycles. The van der Waals surface area contributed by atoms with Gasteiger partial charge >= 0.3 is 0 Å². The first-order valence-electron chi connectivity index (χ1n) is 12.2. The van der Waals surface area contributed by atoms with E-state index in [-0.39, 0.29) is 37.7 Å². The molecule has 0 bridgehead atoms. The molecule has 2 aliphatic carbocycles. The summed E-state index contributed by atoms with van der Waals surface area (Å²) in [5.74, 6) is 2.03. The van der Waals surface area contributed by atoms with Crippen LogP contribution in [0.5, 0.6) is 23.0 Å². The predicted molar refractivity (Wildman–Crippen MR) is 152 cm³/mol. The van der Waals surface area contributed by atoms with Crippen LogP contribution in [-0.2, 0) is 26.2 Å². The van der Waals surface area contributed by atoms with Crippen molar-refractivity contribution in [2.75, 3.05) is 14.2 Å². The van der Waals surface area contributed by atoms with E-state index in [4.69, 9.17) is 19.7 Å². The van der Waals surface area contributed by atoms with Crippen molar-refractivity contribution in [1.29, 1.82) is 0 Å². The van der Waals surface area contributed by atoms with E-state index in [1.807, 2.05) is 0 Å². The Morgan fingerprint density at radius 1 is 0.459 bits per heavy atom. The molecule has 200 valence electrons. The molecular weight excluding hydrogens is 540 g/mol. The van der Waals surface area contributed by atoms with Crippen molar-refractivity contribution in [2.45, 2.75) is 68.2 Å². The van der Waals surface area contributed by atoms with E-state index in [1.54, 1.807) is 85.0 Å². The van der Waals surface area contributed by atoms with Crippen LogP contribution in [-0.4, -0.2) is 24.4 Å². The van der Waals surface area contributed by atoms with Gasteiger partial charge in [-0.15, -0.1) is 0 Å². The normalized spacial score (nSPS) is 14.1. The molecule has 0 unspecified atom stereocenters. The molecule has 0 saturated heterocycles. The Hall–Kier alpha value is -2.52. The number of aromatic hydroxyl groups is 2. The van der Waals surface area contributed by atoms with Gasteiger partial charge in [-0.05, 0) is 139 Å². The van der Waals surface area contributed by atoms with Gasteiger partial charge in [0.05, 0.1) is 14.2 Å². The summed E-state index contributed by atoms with van der Waals surface area (Å²) in [5.41, 5.74) is 12.2. The largest absolute Gasteiger partial charge is 0.508 e. The van der Waals surface area contributed by atoms with Crippen molar-refractivity contribution in [2.24, 2.45) is 0 Å². The van der Waals surface area contributed by atoms with E-state index in [0.29, 0.717) is 0 Å². The van der Waals surface area contributed by atoms with Crippen LogP contribution < -0.4 is 9.47 Å². The van der Waals surface area contributed by atoms with Crippen molar-refractivity contribution in [1.82, 2.24) is 0 Å². The number of rotatable bonds is 2. The molecule has 4 nitrogen and oxygen atoms in total. The minimum Gasteiger partial charge on any atom is -0.508 e. The molecule has 0 saturated carbocycles. The maximum absolute atomic E-state index is 8.80. The molecule has 2 aliphatic rings. The summed E-state index contributed by atoms with van der Waals surface area (Å²) in [6.07, 6.45) is 2.41. The maximum atomic E-state index is 8.80. The molecule has 0 fully saturated rings. The van der Waals surface area contributed by atoms with Crippen LogP contribution in [0.1, 0.15) is 68.2 Å². The zero-order chi connectivity index (χ0) is 27.4. The zero-order valence-electron chi connectivity index (χ0n) is 24.2. The van der Waals surface area contributed by atoms with E-state index < -0.39 is 0 Å². The topological polar surface area (TPSA) is 58.9 Å². The summed E-state index contributed by atoms with van der Waals surface area (Å²) in [6, 6.07) is 13.1. The Bertz CT molecular complexity index is 983. The molecule has 4 rings (SSSR count). The molecule has 0 aromatic heterocycles. The smallest absolute Gasteiger partial charge is 0.119 e. The van der Waals surface area contributed by atoms with Gasteiger partial charge in [0.1, 0.15) is 23.0 Å². The Morgan fingerprint density at radius 3 is 0.811 bits per heavy atom. The Kier molecular flexibility index (Phi) is 15.9. The second-order valence-electron chi connectivity index (χ2n) is 9.37. The van der Waals surface area contributed by atoms with Crippen molar-refractivity contribution >= 4 is 0 Å². The number of hydrogen-bond acceptors (Lipinski definition) is 4. The monoisotopic (exact) mass is 582 g/mol. The van der Waals surface area contributed by atoms with Crippen molar-refractivity contribution < 1.29 is 45.9 Å². The molecule has 0 amide bonds. The van der Waals surface area contributed by atoms with E-state index >= 15 is 0 Å². The minimum absolute atomic E-state index is 0. The maximum Gasteiger partial charge on any atom is 0.119 e. The van der Waals surface area contributed by atoms with Crippen LogP contribution >= 0.6 is 0 Å². The summed E-state index contributed by atoms with van der Waals surface area (Å²) in [6.45, 7) is 17.7. The molecular formula is C32H44O4Zr. The number of hydrogen-bond donors (Lipinski definition) is 2. The van der Waals surface area contributed by atoms with Crippen LogP contribution in [0.25, 0.3) is 0 Å². The molecule has 5 heteroatoms. The van der Waals surface area contributed by atoms with E-state index in [2.05, 4.69) is 55.4 Å². The first-order chi connectivity index (χ1) is 16.9. The SMILES string of the molecule is CC1=C(C)C(C)=C(C)C1.CC1=C(C)C(C)=C(C)C1.COc1ccc(O)cc1.COc1ccc(O)cc1.[Zr]. The number of allylic oxidation sites excluding steroid dienone is 8. The second kappa shape index (κ2) is 17.1. The van der Waals surface area contributed by atoms with Gasteiger partial charge in [0, 0.05) is 26.2 Å². The first kappa shape index (κ1) is 34.5. The van der Waals surface area contributed by atoms with Gasteiger partial charge in [-0.25, -0.2) is 0 Å². The third-order valence-electron chi connectivity index (χ3n) is 6.89. The van der Waals surface area contributed by atoms with Crippen molar-refractivity contribution in [3.8, 4) is 23.0 Å².